The van der Waals surface area contributed by atoms with Gasteiger partial charge in [0.2, 0.25) is 0 Å². The number of carbonyl (C=O) groups is 1. The number of hydrogen-bond donors (Lipinski definition) is 0. The van der Waals surface area contributed by atoms with E-state index in [2.05, 4.69) is 36.9 Å². The first-order chi connectivity index (χ1) is 14.3. The number of hydrogen-bond acceptors (Lipinski definition) is 1. The summed E-state index contributed by atoms with van der Waals surface area (Å²) >= 11 is 0. The Bertz CT molecular complexity index is 1130. The lowest BCUT2D eigenvalue weighted by Gasteiger charge is -2.19. The number of ketones is 1. The van der Waals surface area contributed by atoms with Crippen molar-refractivity contribution in [2.75, 3.05) is 0 Å². The van der Waals surface area contributed by atoms with Crippen LogP contribution in [-0.2, 0) is 6.42 Å². The minimum absolute atomic E-state index is 0.00281. The Kier molecular flexibility index (Phi) is 5.49. The highest BCUT2D eigenvalue weighted by atomic mass is 16.1. The summed E-state index contributed by atoms with van der Waals surface area (Å²) in [6.07, 6.45) is 2.57. The topological polar surface area (TPSA) is 17.1 Å². The maximum Gasteiger partial charge on any atom is 0.193 e. The van der Waals surface area contributed by atoms with Crippen LogP contribution in [0.4, 0.5) is 0 Å². The Labute approximate surface area is 172 Å². The fourth-order valence-corrected chi connectivity index (χ4v) is 3.65. The smallest absolute Gasteiger partial charge is 0.193 e. The lowest BCUT2D eigenvalue weighted by molar-refractivity contribution is 0.103. The Hall–Kier alpha value is -3.71. The van der Waals surface area contributed by atoms with Gasteiger partial charge in [-0.1, -0.05) is 97.1 Å². The minimum Gasteiger partial charge on any atom is -0.289 e. The van der Waals surface area contributed by atoms with Crippen molar-refractivity contribution in [1.82, 2.24) is 0 Å². The van der Waals surface area contributed by atoms with Crippen LogP contribution < -0.4 is 0 Å². The van der Waals surface area contributed by atoms with Crippen LogP contribution in [0.3, 0.4) is 0 Å². The van der Waals surface area contributed by atoms with Gasteiger partial charge >= 0.3 is 0 Å². The molecule has 4 rings (SSSR count). The van der Waals surface area contributed by atoms with Gasteiger partial charge in [0.15, 0.2) is 5.78 Å². The van der Waals surface area contributed by atoms with Crippen molar-refractivity contribution in [2.45, 2.75) is 6.42 Å². The van der Waals surface area contributed by atoms with Crippen LogP contribution in [-0.4, -0.2) is 5.78 Å². The molecule has 0 bridgehead atoms. The van der Waals surface area contributed by atoms with Crippen molar-refractivity contribution in [2.24, 2.45) is 0 Å². The molecule has 0 aliphatic carbocycles. The molecule has 4 aromatic carbocycles. The Balaban J connectivity index is 2.04. The van der Waals surface area contributed by atoms with E-state index in [9.17, 15) is 4.79 Å². The van der Waals surface area contributed by atoms with Gasteiger partial charge in [0, 0.05) is 16.7 Å². The number of rotatable bonds is 6. The molecule has 4 aromatic rings. The SMILES string of the molecule is C=CCc1[c]cc(C(=O)c2ccccc2)c(-c2ccccc2)c1-c1ccccc1. The second-order valence-corrected chi connectivity index (χ2v) is 6.85. The second-order valence-electron chi connectivity index (χ2n) is 6.85. The lowest BCUT2D eigenvalue weighted by atomic mass is 9.84. The molecule has 0 heterocycles. The zero-order valence-corrected chi connectivity index (χ0v) is 16.1. The maximum absolute atomic E-state index is 13.5. The molecule has 0 atom stereocenters. The molecule has 0 fully saturated rings. The van der Waals surface area contributed by atoms with E-state index in [-0.39, 0.29) is 5.78 Å². The van der Waals surface area contributed by atoms with Crippen LogP contribution in [0.5, 0.6) is 0 Å². The van der Waals surface area contributed by atoms with Crippen molar-refractivity contribution in [3.05, 3.63) is 132 Å². The molecule has 1 nitrogen and oxygen atoms in total. The van der Waals surface area contributed by atoms with Crippen LogP contribution in [0.25, 0.3) is 22.3 Å². The van der Waals surface area contributed by atoms with Crippen LogP contribution >= 0.6 is 0 Å². The number of allylic oxidation sites excluding steroid dienone is 1. The maximum atomic E-state index is 13.5. The van der Waals surface area contributed by atoms with E-state index in [0.717, 1.165) is 27.8 Å². The average molecular weight is 373 g/mol. The van der Waals surface area contributed by atoms with Gasteiger partial charge < -0.3 is 0 Å². The van der Waals surface area contributed by atoms with E-state index < -0.39 is 0 Å². The summed E-state index contributed by atoms with van der Waals surface area (Å²) in [6.45, 7) is 3.91. The van der Waals surface area contributed by atoms with Crippen LogP contribution in [0.1, 0.15) is 21.5 Å². The first-order valence-electron chi connectivity index (χ1n) is 9.68. The molecule has 0 amide bonds. The standard InChI is InChI=1S/C28H21O/c1-2-12-21-19-20-25(28(29)24-17-10-5-11-18-24)27(23-15-8-4-9-16-23)26(21)22-13-6-3-7-14-22/h2-11,13-18,20H,1,12H2. The third kappa shape index (κ3) is 3.81. The first kappa shape index (κ1) is 18.6. The van der Waals surface area contributed by atoms with Gasteiger partial charge in [0.1, 0.15) is 0 Å². The normalized spacial score (nSPS) is 10.5. The molecule has 29 heavy (non-hydrogen) atoms. The van der Waals surface area contributed by atoms with Gasteiger partial charge in [0.25, 0.3) is 0 Å². The number of carbonyl (C=O) groups excluding carboxylic acids is 1. The minimum atomic E-state index is 0.00281. The Morgan fingerprint density at radius 3 is 1.83 bits per heavy atom. The molecule has 0 spiro atoms. The van der Waals surface area contributed by atoms with Crippen LogP contribution in [0.15, 0.2) is 110 Å². The van der Waals surface area contributed by atoms with E-state index in [1.807, 2.05) is 78.9 Å². The summed E-state index contributed by atoms with van der Waals surface area (Å²) in [5, 5.41) is 0. The summed E-state index contributed by atoms with van der Waals surface area (Å²) in [7, 11) is 0. The number of benzene rings is 4. The summed E-state index contributed by atoms with van der Waals surface area (Å²) in [6, 6.07) is 35.0. The monoisotopic (exact) mass is 373 g/mol. The van der Waals surface area contributed by atoms with E-state index in [1.165, 1.54) is 0 Å². The summed E-state index contributed by atoms with van der Waals surface area (Å²) in [5.41, 5.74) is 6.45. The van der Waals surface area contributed by atoms with E-state index in [0.29, 0.717) is 17.5 Å². The third-order valence-electron chi connectivity index (χ3n) is 4.97. The van der Waals surface area contributed by atoms with Gasteiger partial charge in [-0.25, -0.2) is 0 Å². The van der Waals surface area contributed by atoms with Crippen molar-refractivity contribution in [1.29, 1.82) is 0 Å². The first-order valence-corrected chi connectivity index (χ1v) is 9.68. The lowest BCUT2D eigenvalue weighted by Crippen LogP contribution is -2.06. The molecule has 0 N–H and O–H groups in total. The Morgan fingerprint density at radius 1 is 0.759 bits per heavy atom. The molecule has 0 saturated heterocycles. The molecular weight excluding hydrogens is 352 g/mol. The molecule has 0 unspecified atom stereocenters. The average Bonchev–Trinajstić information content (AvgIpc) is 2.80. The molecule has 0 aromatic heterocycles. The van der Waals surface area contributed by atoms with Crippen LogP contribution in [0, 0.1) is 6.07 Å². The fraction of sp³-hybridized carbons (Fsp3) is 0.0357. The molecule has 1 heteroatoms. The van der Waals surface area contributed by atoms with Crippen molar-refractivity contribution in [3.63, 3.8) is 0 Å². The molecule has 1 radical (unpaired) electrons. The van der Waals surface area contributed by atoms with Crippen molar-refractivity contribution < 1.29 is 4.79 Å². The summed E-state index contributed by atoms with van der Waals surface area (Å²) < 4.78 is 0. The second kappa shape index (κ2) is 8.53. The summed E-state index contributed by atoms with van der Waals surface area (Å²) in [5.74, 6) is 0.00281. The van der Waals surface area contributed by atoms with Crippen molar-refractivity contribution >= 4 is 5.78 Å². The van der Waals surface area contributed by atoms with E-state index in [4.69, 9.17) is 0 Å². The van der Waals surface area contributed by atoms with Gasteiger partial charge in [-0.15, -0.1) is 6.58 Å². The largest absolute Gasteiger partial charge is 0.289 e. The van der Waals surface area contributed by atoms with Crippen molar-refractivity contribution in [3.8, 4) is 22.3 Å². The highest BCUT2D eigenvalue weighted by Gasteiger charge is 2.21. The van der Waals surface area contributed by atoms with Crippen LogP contribution in [0.2, 0.25) is 0 Å². The summed E-state index contributed by atoms with van der Waals surface area (Å²) in [4.78, 5) is 13.5. The zero-order chi connectivity index (χ0) is 20.1. The van der Waals surface area contributed by atoms with Gasteiger partial charge in [0.05, 0.1) is 0 Å². The van der Waals surface area contributed by atoms with Gasteiger partial charge in [-0.05, 0) is 40.8 Å². The molecular formula is C28H21O. The van der Waals surface area contributed by atoms with Gasteiger partial charge in [-0.3, -0.25) is 4.79 Å². The van der Waals surface area contributed by atoms with Gasteiger partial charge in [-0.2, -0.15) is 0 Å². The Morgan fingerprint density at radius 2 is 1.28 bits per heavy atom. The molecule has 0 aliphatic heterocycles. The molecule has 0 saturated carbocycles. The molecule has 0 aliphatic rings. The predicted octanol–water partition coefficient (Wildman–Crippen LogP) is 6.78. The fourth-order valence-electron chi connectivity index (χ4n) is 3.65. The van der Waals surface area contributed by atoms with E-state index >= 15 is 0 Å². The van der Waals surface area contributed by atoms with E-state index in [1.54, 1.807) is 0 Å². The molecule has 139 valence electrons. The highest BCUT2D eigenvalue weighted by Crippen LogP contribution is 2.38. The predicted molar refractivity (Wildman–Crippen MR) is 120 cm³/mol. The quantitative estimate of drug-likeness (QED) is 0.269. The zero-order valence-electron chi connectivity index (χ0n) is 16.1. The third-order valence-corrected chi connectivity index (χ3v) is 4.97. The highest BCUT2D eigenvalue weighted by molar-refractivity contribution is 6.15.